The first kappa shape index (κ1) is 11.7. The molecule has 0 saturated heterocycles. The first-order valence-corrected chi connectivity index (χ1v) is 6.00. The van der Waals surface area contributed by atoms with Crippen LogP contribution < -0.4 is 5.32 Å². The van der Waals surface area contributed by atoms with E-state index in [1.165, 1.54) is 19.3 Å². The van der Waals surface area contributed by atoms with Crippen LogP contribution in [-0.2, 0) is 4.79 Å². The summed E-state index contributed by atoms with van der Waals surface area (Å²) in [5.41, 5.74) is 0. The summed E-state index contributed by atoms with van der Waals surface area (Å²) in [6, 6.07) is 0.356. The molecule has 0 aromatic rings. The highest BCUT2D eigenvalue weighted by molar-refractivity contribution is 5.81. The second-order valence-corrected chi connectivity index (χ2v) is 4.46. The second kappa shape index (κ2) is 6.18. The summed E-state index contributed by atoms with van der Waals surface area (Å²) in [4.78, 5) is 11.8. The van der Waals surface area contributed by atoms with Gasteiger partial charge >= 0.3 is 0 Å². The highest BCUT2D eigenvalue weighted by Gasteiger charge is 2.21. The van der Waals surface area contributed by atoms with E-state index in [-0.39, 0.29) is 0 Å². The molecule has 2 nitrogen and oxygen atoms in total. The third-order valence-corrected chi connectivity index (χ3v) is 3.12. The Hall–Kier alpha value is -0.370. The van der Waals surface area contributed by atoms with Crippen LogP contribution in [0.2, 0.25) is 0 Å². The van der Waals surface area contributed by atoms with Crippen LogP contribution in [0.5, 0.6) is 0 Å². The summed E-state index contributed by atoms with van der Waals surface area (Å²) in [5, 5.41) is 3.29. The summed E-state index contributed by atoms with van der Waals surface area (Å²) in [5.74, 6) is 0.864. The minimum atomic E-state index is 0.356. The fourth-order valence-corrected chi connectivity index (χ4v) is 2.31. The SMILES string of the molecule is CCNC(C)CC(=O)C1CCCCC1. The third-order valence-electron chi connectivity index (χ3n) is 3.12. The summed E-state index contributed by atoms with van der Waals surface area (Å²) >= 11 is 0. The molecule has 14 heavy (non-hydrogen) atoms. The standard InChI is InChI=1S/C12H23NO/c1-3-13-10(2)9-12(14)11-7-5-4-6-8-11/h10-11,13H,3-9H2,1-2H3. The van der Waals surface area contributed by atoms with E-state index in [0.29, 0.717) is 17.7 Å². The third kappa shape index (κ3) is 3.79. The Morgan fingerprint density at radius 1 is 1.36 bits per heavy atom. The minimum absolute atomic E-state index is 0.356. The Bertz CT molecular complexity index is 173. The van der Waals surface area contributed by atoms with Gasteiger partial charge in [-0.1, -0.05) is 26.2 Å². The molecule has 0 aromatic heterocycles. The van der Waals surface area contributed by atoms with Crippen molar-refractivity contribution in [3.63, 3.8) is 0 Å². The van der Waals surface area contributed by atoms with Gasteiger partial charge in [-0.15, -0.1) is 0 Å². The number of carbonyl (C=O) groups excluding carboxylic acids is 1. The van der Waals surface area contributed by atoms with Crippen LogP contribution in [0.3, 0.4) is 0 Å². The van der Waals surface area contributed by atoms with E-state index in [0.717, 1.165) is 25.8 Å². The molecule has 0 bridgehead atoms. The van der Waals surface area contributed by atoms with Crippen LogP contribution >= 0.6 is 0 Å². The van der Waals surface area contributed by atoms with Gasteiger partial charge in [-0.2, -0.15) is 0 Å². The van der Waals surface area contributed by atoms with Gasteiger partial charge < -0.3 is 5.32 Å². The Labute approximate surface area is 87.5 Å². The van der Waals surface area contributed by atoms with E-state index < -0.39 is 0 Å². The molecular weight excluding hydrogens is 174 g/mol. The number of ketones is 1. The van der Waals surface area contributed by atoms with Crippen molar-refractivity contribution in [3.8, 4) is 0 Å². The van der Waals surface area contributed by atoms with Crippen LogP contribution in [0, 0.1) is 5.92 Å². The van der Waals surface area contributed by atoms with E-state index in [9.17, 15) is 4.79 Å². The van der Waals surface area contributed by atoms with Crippen LogP contribution in [0.15, 0.2) is 0 Å². The maximum Gasteiger partial charge on any atom is 0.137 e. The van der Waals surface area contributed by atoms with Crippen molar-refractivity contribution >= 4 is 5.78 Å². The number of rotatable bonds is 5. The first-order chi connectivity index (χ1) is 6.74. The van der Waals surface area contributed by atoms with Crippen LogP contribution in [0.4, 0.5) is 0 Å². The lowest BCUT2D eigenvalue weighted by molar-refractivity contribution is -0.124. The fourth-order valence-electron chi connectivity index (χ4n) is 2.31. The quantitative estimate of drug-likeness (QED) is 0.733. The topological polar surface area (TPSA) is 29.1 Å². The lowest BCUT2D eigenvalue weighted by Gasteiger charge is -2.22. The van der Waals surface area contributed by atoms with E-state index >= 15 is 0 Å². The van der Waals surface area contributed by atoms with Crippen LogP contribution in [0.25, 0.3) is 0 Å². The zero-order valence-electron chi connectivity index (χ0n) is 9.51. The van der Waals surface area contributed by atoms with Crippen molar-refractivity contribution in [3.05, 3.63) is 0 Å². The maximum absolute atomic E-state index is 11.8. The molecule has 1 aliphatic carbocycles. The van der Waals surface area contributed by atoms with E-state index in [1.807, 2.05) is 0 Å². The molecule has 0 spiro atoms. The molecular formula is C12H23NO. The molecule has 1 unspecified atom stereocenters. The number of hydrogen-bond acceptors (Lipinski definition) is 2. The monoisotopic (exact) mass is 197 g/mol. The zero-order valence-corrected chi connectivity index (χ0v) is 9.51. The second-order valence-electron chi connectivity index (χ2n) is 4.46. The molecule has 0 radical (unpaired) electrons. The summed E-state index contributed by atoms with van der Waals surface area (Å²) < 4.78 is 0. The van der Waals surface area contributed by atoms with Gasteiger partial charge in [0.25, 0.3) is 0 Å². The van der Waals surface area contributed by atoms with Gasteiger partial charge in [0, 0.05) is 18.4 Å². The molecule has 82 valence electrons. The molecule has 0 aliphatic heterocycles. The van der Waals surface area contributed by atoms with Crippen molar-refractivity contribution < 1.29 is 4.79 Å². The van der Waals surface area contributed by atoms with Crippen molar-refractivity contribution in [1.29, 1.82) is 0 Å². The highest BCUT2D eigenvalue weighted by Crippen LogP contribution is 2.25. The predicted molar refractivity (Wildman–Crippen MR) is 59.3 cm³/mol. The summed E-state index contributed by atoms with van der Waals surface area (Å²) in [6.07, 6.45) is 6.83. The Kier molecular flexibility index (Phi) is 5.16. The van der Waals surface area contributed by atoms with Gasteiger partial charge in [-0.3, -0.25) is 4.79 Å². The molecule has 0 amide bonds. The average molecular weight is 197 g/mol. The zero-order chi connectivity index (χ0) is 10.4. The molecule has 0 heterocycles. The summed E-state index contributed by atoms with van der Waals surface area (Å²) in [7, 11) is 0. The Balaban J connectivity index is 2.25. The smallest absolute Gasteiger partial charge is 0.137 e. The largest absolute Gasteiger partial charge is 0.314 e. The highest BCUT2D eigenvalue weighted by atomic mass is 16.1. The molecule has 0 aromatic carbocycles. The number of Topliss-reactive ketones (excluding diaryl/α,β-unsaturated/α-hetero) is 1. The lowest BCUT2D eigenvalue weighted by Crippen LogP contribution is -2.31. The Morgan fingerprint density at radius 3 is 2.57 bits per heavy atom. The van der Waals surface area contributed by atoms with Gasteiger partial charge in [-0.25, -0.2) is 0 Å². The molecule has 1 N–H and O–H groups in total. The van der Waals surface area contributed by atoms with Gasteiger partial charge in [-0.05, 0) is 26.3 Å². The minimum Gasteiger partial charge on any atom is -0.314 e. The average Bonchev–Trinajstić information content (AvgIpc) is 2.19. The van der Waals surface area contributed by atoms with Crippen molar-refractivity contribution in [2.45, 2.75) is 58.4 Å². The molecule has 1 fully saturated rings. The molecule has 1 rings (SSSR count). The van der Waals surface area contributed by atoms with E-state index in [2.05, 4.69) is 19.2 Å². The Morgan fingerprint density at radius 2 is 2.00 bits per heavy atom. The van der Waals surface area contributed by atoms with Crippen molar-refractivity contribution in [2.24, 2.45) is 5.92 Å². The van der Waals surface area contributed by atoms with Crippen LogP contribution in [0.1, 0.15) is 52.4 Å². The van der Waals surface area contributed by atoms with Gasteiger partial charge in [0.1, 0.15) is 5.78 Å². The molecule has 1 aliphatic rings. The van der Waals surface area contributed by atoms with Crippen molar-refractivity contribution in [1.82, 2.24) is 5.32 Å². The molecule has 2 heteroatoms. The lowest BCUT2D eigenvalue weighted by atomic mass is 9.84. The first-order valence-electron chi connectivity index (χ1n) is 6.00. The van der Waals surface area contributed by atoms with E-state index in [4.69, 9.17) is 0 Å². The predicted octanol–water partition coefficient (Wildman–Crippen LogP) is 2.52. The molecule has 1 saturated carbocycles. The van der Waals surface area contributed by atoms with Gasteiger partial charge in [0.15, 0.2) is 0 Å². The number of hydrogen-bond donors (Lipinski definition) is 1. The van der Waals surface area contributed by atoms with E-state index in [1.54, 1.807) is 0 Å². The maximum atomic E-state index is 11.8. The van der Waals surface area contributed by atoms with Crippen molar-refractivity contribution in [2.75, 3.05) is 6.54 Å². The fraction of sp³-hybridized carbons (Fsp3) is 0.917. The normalized spacial score (nSPS) is 20.7. The molecule has 1 atom stereocenters. The number of nitrogens with one attached hydrogen (secondary N) is 1. The van der Waals surface area contributed by atoms with Gasteiger partial charge in [0.05, 0.1) is 0 Å². The van der Waals surface area contributed by atoms with Crippen LogP contribution in [-0.4, -0.2) is 18.4 Å². The summed E-state index contributed by atoms with van der Waals surface area (Å²) in [6.45, 7) is 5.14. The number of carbonyl (C=O) groups is 1. The van der Waals surface area contributed by atoms with Gasteiger partial charge in [0.2, 0.25) is 0 Å².